The monoisotopic (exact) mass is 252 g/mol. The van der Waals surface area contributed by atoms with E-state index in [0.29, 0.717) is 37.8 Å². The number of nitrogens with one attached hydrogen (secondary N) is 1. The minimum Gasteiger partial charge on any atom is -0.481 e. The third kappa shape index (κ3) is 2.02. The number of hydrogen-bond donors (Lipinski definition) is 2. The molecule has 2 aliphatic rings. The number of H-pyrrole nitrogens is 1. The van der Waals surface area contributed by atoms with Crippen molar-refractivity contribution in [1.29, 1.82) is 0 Å². The number of carbonyl (C=O) groups is 1. The second kappa shape index (κ2) is 4.70. The Morgan fingerprint density at radius 3 is 3.06 bits per heavy atom. The summed E-state index contributed by atoms with van der Waals surface area (Å²) < 4.78 is 10.9. The summed E-state index contributed by atoms with van der Waals surface area (Å²) in [5, 5.41) is 9.19. The number of ether oxygens (including phenoxy) is 2. The number of fused-ring (bicyclic) bond motifs is 1. The first-order valence-electron chi connectivity index (χ1n) is 6.26. The molecular formula is C12H16N2O4. The fraction of sp³-hybridized carbons (Fsp3) is 0.667. The van der Waals surface area contributed by atoms with E-state index in [2.05, 4.69) is 9.97 Å². The first-order chi connectivity index (χ1) is 8.75. The number of aromatic nitrogens is 2. The van der Waals surface area contributed by atoms with Crippen LogP contribution in [0.4, 0.5) is 0 Å². The van der Waals surface area contributed by atoms with E-state index in [1.807, 2.05) is 0 Å². The van der Waals surface area contributed by atoms with Crippen molar-refractivity contribution in [2.24, 2.45) is 0 Å². The van der Waals surface area contributed by atoms with Gasteiger partial charge in [0.15, 0.2) is 0 Å². The van der Waals surface area contributed by atoms with Crippen molar-refractivity contribution in [3.63, 3.8) is 0 Å². The van der Waals surface area contributed by atoms with Crippen molar-refractivity contribution < 1.29 is 19.4 Å². The molecule has 6 heteroatoms. The Balaban J connectivity index is 1.88. The van der Waals surface area contributed by atoms with Crippen LogP contribution in [0.15, 0.2) is 0 Å². The van der Waals surface area contributed by atoms with E-state index < -0.39 is 11.9 Å². The third-order valence-corrected chi connectivity index (χ3v) is 3.50. The van der Waals surface area contributed by atoms with Gasteiger partial charge >= 0.3 is 5.97 Å². The zero-order valence-electron chi connectivity index (χ0n) is 10.0. The molecule has 1 aromatic heterocycles. The Morgan fingerprint density at radius 1 is 1.44 bits per heavy atom. The van der Waals surface area contributed by atoms with Gasteiger partial charge in [-0.2, -0.15) is 0 Å². The average molecular weight is 252 g/mol. The summed E-state index contributed by atoms with van der Waals surface area (Å²) in [4.78, 5) is 18.8. The zero-order chi connectivity index (χ0) is 12.5. The molecule has 3 rings (SSSR count). The highest BCUT2D eigenvalue weighted by Gasteiger charge is 2.31. The Morgan fingerprint density at radius 2 is 2.33 bits per heavy atom. The van der Waals surface area contributed by atoms with Crippen LogP contribution in [0.1, 0.15) is 42.1 Å². The molecule has 0 aromatic carbocycles. The van der Waals surface area contributed by atoms with Crippen molar-refractivity contribution in [3.05, 3.63) is 17.2 Å². The van der Waals surface area contributed by atoms with E-state index in [-0.39, 0.29) is 6.10 Å². The minimum atomic E-state index is -0.796. The molecule has 0 saturated carbocycles. The van der Waals surface area contributed by atoms with E-state index in [4.69, 9.17) is 9.47 Å². The lowest BCUT2D eigenvalue weighted by Crippen LogP contribution is -2.23. The number of rotatable bonds is 2. The molecule has 1 saturated heterocycles. The topological polar surface area (TPSA) is 84.4 Å². The molecule has 1 fully saturated rings. The lowest BCUT2D eigenvalue weighted by molar-refractivity contribution is -0.139. The smallest absolute Gasteiger partial charge is 0.312 e. The molecule has 6 nitrogen and oxygen atoms in total. The van der Waals surface area contributed by atoms with Crippen LogP contribution < -0.4 is 0 Å². The highest BCUT2D eigenvalue weighted by atomic mass is 16.6. The predicted octanol–water partition coefficient (Wildman–Crippen LogP) is 1.00. The summed E-state index contributed by atoms with van der Waals surface area (Å²) in [6.07, 6.45) is 2.21. The van der Waals surface area contributed by atoms with E-state index >= 15 is 0 Å². The van der Waals surface area contributed by atoms with Crippen LogP contribution >= 0.6 is 0 Å². The zero-order valence-corrected chi connectivity index (χ0v) is 10.0. The Kier molecular flexibility index (Phi) is 3.05. The van der Waals surface area contributed by atoms with Gasteiger partial charge in [0.1, 0.15) is 17.8 Å². The summed E-state index contributed by atoms with van der Waals surface area (Å²) in [5.74, 6) is -0.578. The van der Waals surface area contributed by atoms with E-state index in [1.54, 1.807) is 0 Å². The number of aromatic amines is 1. The highest BCUT2D eigenvalue weighted by molar-refractivity contribution is 5.76. The Bertz CT molecular complexity index is 451. The normalized spacial score (nSPS) is 27.8. The molecule has 1 aliphatic carbocycles. The number of nitrogens with zero attached hydrogens (tertiary/aromatic N) is 1. The highest BCUT2D eigenvalue weighted by Crippen LogP contribution is 2.32. The summed E-state index contributed by atoms with van der Waals surface area (Å²) in [6.45, 7) is 1.64. The SMILES string of the molecule is O=C(O)C1CCCc2[nH]c(C3COCCO3)nc21. The Labute approximate surface area is 104 Å². The average Bonchev–Trinajstić information content (AvgIpc) is 2.83. The third-order valence-electron chi connectivity index (χ3n) is 3.50. The van der Waals surface area contributed by atoms with Crippen LogP contribution in [0.25, 0.3) is 0 Å². The number of carboxylic acid groups (broad SMARTS) is 1. The van der Waals surface area contributed by atoms with E-state index in [9.17, 15) is 9.90 Å². The first kappa shape index (κ1) is 11.7. The molecule has 0 spiro atoms. The molecule has 0 amide bonds. The standard InChI is InChI=1S/C12H16N2O4/c15-12(16)7-2-1-3-8-10(7)14-11(13-8)9-6-17-4-5-18-9/h7,9H,1-6H2,(H,13,14)(H,15,16). The van der Waals surface area contributed by atoms with Gasteiger partial charge in [-0.3, -0.25) is 4.79 Å². The largest absolute Gasteiger partial charge is 0.481 e. The van der Waals surface area contributed by atoms with E-state index in [0.717, 1.165) is 18.5 Å². The number of aryl methyl sites for hydroxylation is 1. The molecule has 2 heterocycles. The quantitative estimate of drug-likeness (QED) is 0.820. The van der Waals surface area contributed by atoms with Gasteiger partial charge in [0, 0.05) is 5.69 Å². The van der Waals surface area contributed by atoms with Gasteiger partial charge in [0.05, 0.1) is 25.5 Å². The van der Waals surface area contributed by atoms with Gasteiger partial charge < -0.3 is 19.6 Å². The van der Waals surface area contributed by atoms with Gasteiger partial charge in [-0.25, -0.2) is 4.98 Å². The van der Waals surface area contributed by atoms with Crippen molar-refractivity contribution in [2.45, 2.75) is 31.3 Å². The Hall–Kier alpha value is -1.40. The van der Waals surface area contributed by atoms with Gasteiger partial charge in [-0.15, -0.1) is 0 Å². The minimum absolute atomic E-state index is 0.196. The fourth-order valence-corrected chi connectivity index (χ4v) is 2.58. The second-order valence-electron chi connectivity index (χ2n) is 4.70. The molecule has 0 bridgehead atoms. The van der Waals surface area contributed by atoms with Crippen molar-refractivity contribution in [2.75, 3.05) is 19.8 Å². The second-order valence-corrected chi connectivity index (χ2v) is 4.70. The number of carboxylic acids is 1. The van der Waals surface area contributed by atoms with Crippen molar-refractivity contribution >= 4 is 5.97 Å². The summed E-state index contributed by atoms with van der Waals surface area (Å²) >= 11 is 0. The molecule has 2 N–H and O–H groups in total. The van der Waals surface area contributed by atoms with Crippen LogP contribution in [0.3, 0.4) is 0 Å². The molecule has 1 aromatic rings. The molecule has 1 aliphatic heterocycles. The van der Waals surface area contributed by atoms with Crippen LogP contribution in [0, 0.1) is 0 Å². The summed E-state index contributed by atoms with van der Waals surface area (Å²) in [6, 6.07) is 0. The van der Waals surface area contributed by atoms with Gasteiger partial charge in [0.2, 0.25) is 0 Å². The van der Waals surface area contributed by atoms with Crippen LogP contribution in [0.5, 0.6) is 0 Å². The maximum absolute atomic E-state index is 11.2. The molecule has 2 unspecified atom stereocenters. The molecule has 0 radical (unpaired) electrons. The van der Waals surface area contributed by atoms with Gasteiger partial charge in [-0.05, 0) is 19.3 Å². The molecule has 2 atom stereocenters. The fourth-order valence-electron chi connectivity index (χ4n) is 2.58. The van der Waals surface area contributed by atoms with Crippen LogP contribution in [-0.2, 0) is 20.7 Å². The molecule has 98 valence electrons. The number of aliphatic carboxylic acids is 1. The maximum atomic E-state index is 11.2. The first-order valence-corrected chi connectivity index (χ1v) is 6.26. The number of hydrogen-bond acceptors (Lipinski definition) is 4. The maximum Gasteiger partial charge on any atom is 0.312 e. The van der Waals surface area contributed by atoms with Crippen LogP contribution in [0.2, 0.25) is 0 Å². The molecule has 18 heavy (non-hydrogen) atoms. The number of imidazole rings is 1. The summed E-state index contributed by atoms with van der Waals surface area (Å²) in [5.41, 5.74) is 1.62. The van der Waals surface area contributed by atoms with Gasteiger partial charge in [0.25, 0.3) is 0 Å². The lowest BCUT2D eigenvalue weighted by Gasteiger charge is -2.20. The lowest BCUT2D eigenvalue weighted by atomic mass is 9.90. The predicted molar refractivity (Wildman–Crippen MR) is 61.4 cm³/mol. The molecular weight excluding hydrogens is 236 g/mol. The van der Waals surface area contributed by atoms with Gasteiger partial charge in [-0.1, -0.05) is 0 Å². The summed E-state index contributed by atoms with van der Waals surface area (Å²) in [7, 11) is 0. The van der Waals surface area contributed by atoms with Crippen molar-refractivity contribution in [3.8, 4) is 0 Å². The van der Waals surface area contributed by atoms with Crippen molar-refractivity contribution in [1.82, 2.24) is 9.97 Å². The van der Waals surface area contributed by atoms with Crippen LogP contribution in [-0.4, -0.2) is 40.9 Å². The van der Waals surface area contributed by atoms with E-state index in [1.165, 1.54) is 0 Å².